The maximum Gasteiger partial charge on any atom is 0.306 e. The molecule has 0 spiro atoms. The van der Waals surface area contributed by atoms with E-state index < -0.39 is 0 Å². The standard InChI is InChI=1S/C49H96N2O4/c1-6-10-22-30-45(31-23-11-7-2)42-48(52)54-40-28-20-16-14-18-26-34-47(44-51-38-36-50(5)37-39-51)35-27-19-15-17-21-29-41-55-49(53)43-46(32-24-12-8-3)33-25-13-9-4/h45-47H,6-44H2,1-5H3. The van der Waals surface area contributed by atoms with Crippen LogP contribution in [0, 0.1) is 17.8 Å². The van der Waals surface area contributed by atoms with E-state index in [1.807, 2.05) is 0 Å². The molecule has 55 heavy (non-hydrogen) atoms. The molecule has 0 atom stereocenters. The highest BCUT2D eigenvalue weighted by molar-refractivity contribution is 5.70. The van der Waals surface area contributed by atoms with Gasteiger partial charge in [-0.1, -0.05) is 169 Å². The predicted molar refractivity (Wildman–Crippen MR) is 237 cm³/mol. The Labute approximate surface area is 343 Å². The van der Waals surface area contributed by atoms with Crippen molar-refractivity contribution in [1.29, 1.82) is 0 Å². The number of piperazine rings is 1. The summed E-state index contributed by atoms with van der Waals surface area (Å²) in [4.78, 5) is 30.3. The first-order valence-electron chi connectivity index (χ1n) is 24.6. The molecule has 1 fully saturated rings. The Morgan fingerprint density at radius 3 is 1.09 bits per heavy atom. The molecule has 0 bridgehead atoms. The number of nitrogens with zero attached hydrogens (tertiary/aromatic N) is 2. The summed E-state index contributed by atoms with van der Waals surface area (Å²) < 4.78 is 11.4. The predicted octanol–water partition coefficient (Wildman–Crippen LogP) is 13.7. The Bertz CT molecular complexity index is 769. The van der Waals surface area contributed by atoms with E-state index in [1.54, 1.807) is 0 Å². The van der Waals surface area contributed by atoms with Crippen molar-refractivity contribution < 1.29 is 19.1 Å². The first-order valence-corrected chi connectivity index (χ1v) is 24.6. The fraction of sp³-hybridized carbons (Fsp3) is 0.959. The highest BCUT2D eigenvalue weighted by Crippen LogP contribution is 2.24. The lowest BCUT2D eigenvalue weighted by atomic mass is 9.92. The van der Waals surface area contributed by atoms with Crippen molar-refractivity contribution >= 4 is 11.9 Å². The van der Waals surface area contributed by atoms with Gasteiger partial charge in [-0.15, -0.1) is 0 Å². The van der Waals surface area contributed by atoms with Gasteiger partial charge in [-0.3, -0.25) is 9.59 Å². The van der Waals surface area contributed by atoms with Crippen molar-refractivity contribution in [2.45, 2.75) is 233 Å². The Kier molecular flexibility index (Phi) is 36.2. The largest absolute Gasteiger partial charge is 0.466 e. The van der Waals surface area contributed by atoms with Crippen LogP contribution in [-0.2, 0) is 19.1 Å². The van der Waals surface area contributed by atoms with Crippen LogP contribution >= 0.6 is 0 Å². The zero-order chi connectivity index (χ0) is 40.0. The number of carbonyl (C=O) groups is 2. The summed E-state index contributed by atoms with van der Waals surface area (Å²) in [5, 5.41) is 0. The summed E-state index contributed by atoms with van der Waals surface area (Å²) in [7, 11) is 2.25. The van der Waals surface area contributed by atoms with Gasteiger partial charge in [0.25, 0.3) is 0 Å². The van der Waals surface area contributed by atoms with Crippen LogP contribution < -0.4 is 0 Å². The maximum absolute atomic E-state index is 12.5. The maximum atomic E-state index is 12.5. The topological polar surface area (TPSA) is 59.1 Å². The molecular formula is C49H96N2O4. The third-order valence-electron chi connectivity index (χ3n) is 12.4. The van der Waals surface area contributed by atoms with Gasteiger partial charge in [-0.25, -0.2) is 0 Å². The molecule has 1 aliphatic rings. The van der Waals surface area contributed by atoms with Gasteiger partial charge in [-0.05, 0) is 76.2 Å². The fourth-order valence-electron chi connectivity index (χ4n) is 8.60. The lowest BCUT2D eigenvalue weighted by Crippen LogP contribution is -2.46. The lowest BCUT2D eigenvalue weighted by molar-refractivity contribution is -0.146. The fourth-order valence-corrected chi connectivity index (χ4v) is 8.60. The Balaban J connectivity index is 2.22. The molecule has 0 unspecified atom stereocenters. The molecule has 1 aliphatic heterocycles. The van der Waals surface area contributed by atoms with Crippen LogP contribution in [0.3, 0.4) is 0 Å². The van der Waals surface area contributed by atoms with E-state index in [0.717, 1.165) is 18.8 Å². The van der Waals surface area contributed by atoms with Crippen LogP contribution in [0.4, 0.5) is 0 Å². The second kappa shape index (κ2) is 38.4. The van der Waals surface area contributed by atoms with Gasteiger partial charge in [0.05, 0.1) is 13.2 Å². The van der Waals surface area contributed by atoms with Crippen molar-refractivity contribution in [2.24, 2.45) is 17.8 Å². The molecule has 1 saturated heterocycles. The molecule has 0 aromatic rings. The number of carbonyl (C=O) groups excluding carboxylic acids is 2. The van der Waals surface area contributed by atoms with E-state index >= 15 is 0 Å². The van der Waals surface area contributed by atoms with Crippen LogP contribution in [0.15, 0.2) is 0 Å². The third kappa shape index (κ3) is 32.5. The van der Waals surface area contributed by atoms with Crippen LogP contribution in [0.5, 0.6) is 0 Å². The van der Waals surface area contributed by atoms with Gasteiger partial charge in [0, 0.05) is 45.6 Å². The normalized spacial score (nSPS) is 14.1. The Morgan fingerprint density at radius 1 is 0.418 bits per heavy atom. The smallest absolute Gasteiger partial charge is 0.306 e. The van der Waals surface area contributed by atoms with Gasteiger partial charge in [0.2, 0.25) is 0 Å². The summed E-state index contributed by atoms with van der Waals surface area (Å²) >= 11 is 0. The molecule has 1 heterocycles. The average Bonchev–Trinajstić information content (AvgIpc) is 3.17. The van der Waals surface area contributed by atoms with E-state index in [4.69, 9.17) is 9.47 Å². The van der Waals surface area contributed by atoms with E-state index in [1.165, 1.54) is 213 Å². The summed E-state index contributed by atoms with van der Waals surface area (Å²) in [5.74, 6) is 1.93. The van der Waals surface area contributed by atoms with Crippen LogP contribution in [0.25, 0.3) is 0 Å². The van der Waals surface area contributed by atoms with Crippen molar-refractivity contribution in [1.82, 2.24) is 9.80 Å². The number of likely N-dealkylation sites (N-methyl/N-ethyl adjacent to an activating group) is 1. The number of ether oxygens (including phenoxy) is 2. The number of hydrogen-bond donors (Lipinski definition) is 0. The number of unbranched alkanes of at least 4 members (excludes halogenated alkanes) is 18. The number of esters is 2. The van der Waals surface area contributed by atoms with E-state index in [-0.39, 0.29) is 11.9 Å². The van der Waals surface area contributed by atoms with Crippen molar-refractivity contribution in [3.05, 3.63) is 0 Å². The zero-order valence-corrected chi connectivity index (χ0v) is 37.8. The SMILES string of the molecule is CCCCCC(CCCCC)CC(=O)OCCCCCCCCC(CCCCCCCCOC(=O)CC(CCCCC)CCCCC)CN1CCN(C)CC1. The molecule has 6 nitrogen and oxygen atoms in total. The first kappa shape index (κ1) is 51.9. The highest BCUT2D eigenvalue weighted by atomic mass is 16.5. The molecule has 1 rings (SSSR count). The summed E-state index contributed by atoms with van der Waals surface area (Å²) in [6, 6.07) is 0. The van der Waals surface area contributed by atoms with E-state index in [2.05, 4.69) is 44.5 Å². The second-order valence-corrected chi connectivity index (χ2v) is 17.9. The Hall–Kier alpha value is -1.14. The van der Waals surface area contributed by atoms with Gasteiger partial charge in [-0.2, -0.15) is 0 Å². The molecule has 0 amide bonds. The third-order valence-corrected chi connectivity index (χ3v) is 12.4. The molecule has 0 aliphatic carbocycles. The molecule has 0 N–H and O–H groups in total. The van der Waals surface area contributed by atoms with Gasteiger partial charge < -0.3 is 19.3 Å². The zero-order valence-electron chi connectivity index (χ0n) is 37.8. The minimum absolute atomic E-state index is 0.0387. The molecule has 0 aromatic carbocycles. The first-order chi connectivity index (χ1) is 26.9. The monoisotopic (exact) mass is 777 g/mol. The minimum Gasteiger partial charge on any atom is -0.466 e. The van der Waals surface area contributed by atoms with Gasteiger partial charge in [0.15, 0.2) is 0 Å². The van der Waals surface area contributed by atoms with E-state index in [0.29, 0.717) is 37.9 Å². The Morgan fingerprint density at radius 2 is 0.727 bits per heavy atom. The highest BCUT2D eigenvalue weighted by Gasteiger charge is 2.19. The summed E-state index contributed by atoms with van der Waals surface area (Å²) in [6.45, 7) is 16.3. The van der Waals surface area contributed by atoms with Crippen LogP contribution in [0.1, 0.15) is 233 Å². The second-order valence-electron chi connectivity index (χ2n) is 17.9. The lowest BCUT2D eigenvalue weighted by Gasteiger charge is -2.34. The number of rotatable bonds is 40. The molecule has 6 heteroatoms. The summed E-state index contributed by atoms with van der Waals surface area (Å²) in [6.07, 6.45) is 38.7. The van der Waals surface area contributed by atoms with Crippen LogP contribution in [-0.4, -0.2) is 74.7 Å². The quantitative estimate of drug-likeness (QED) is 0.0456. The van der Waals surface area contributed by atoms with Crippen molar-refractivity contribution in [3.8, 4) is 0 Å². The van der Waals surface area contributed by atoms with Gasteiger partial charge in [0.1, 0.15) is 0 Å². The molecule has 0 aromatic heterocycles. The molecule has 326 valence electrons. The summed E-state index contributed by atoms with van der Waals surface area (Å²) in [5.41, 5.74) is 0. The van der Waals surface area contributed by atoms with E-state index in [9.17, 15) is 9.59 Å². The minimum atomic E-state index is 0.0387. The van der Waals surface area contributed by atoms with Crippen molar-refractivity contribution in [2.75, 3.05) is 53.0 Å². The molecule has 0 radical (unpaired) electrons. The van der Waals surface area contributed by atoms with Gasteiger partial charge >= 0.3 is 11.9 Å². The van der Waals surface area contributed by atoms with Crippen molar-refractivity contribution in [3.63, 3.8) is 0 Å². The average molecular weight is 777 g/mol. The van der Waals surface area contributed by atoms with Crippen LogP contribution in [0.2, 0.25) is 0 Å². The number of hydrogen-bond acceptors (Lipinski definition) is 6. The molecule has 0 saturated carbocycles. The molecular weight excluding hydrogens is 681 g/mol.